The molecule has 1 heterocycles. The number of ether oxygens (including phenoxy) is 2. The maximum absolute atomic E-state index is 13.7. The van der Waals surface area contributed by atoms with Gasteiger partial charge in [-0.1, -0.05) is 12.1 Å². The molecular formula is C26H35BrN2O4. The van der Waals surface area contributed by atoms with Crippen LogP contribution in [0.5, 0.6) is 5.75 Å². The second kappa shape index (κ2) is 10.5. The predicted molar refractivity (Wildman–Crippen MR) is 134 cm³/mol. The van der Waals surface area contributed by atoms with E-state index in [1.54, 1.807) is 7.11 Å². The highest BCUT2D eigenvalue weighted by Gasteiger charge is 2.46. The Balaban J connectivity index is 0.00000306. The third-order valence-corrected chi connectivity index (χ3v) is 6.76. The van der Waals surface area contributed by atoms with Gasteiger partial charge in [0.05, 0.1) is 7.11 Å². The predicted octanol–water partition coefficient (Wildman–Crippen LogP) is 3.98. The van der Waals surface area contributed by atoms with Crippen molar-refractivity contribution < 1.29 is 19.1 Å². The summed E-state index contributed by atoms with van der Waals surface area (Å²) in [5.74, 6) is 2.01. The van der Waals surface area contributed by atoms with Gasteiger partial charge in [-0.25, -0.2) is 0 Å². The summed E-state index contributed by atoms with van der Waals surface area (Å²) in [5, 5.41) is 0. The van der Waals surface area contributed by atoms with E-state index >= 15 is 0 Å². The Morgan fingerprint density at radius 2 is 1.30 bits per heavy atom. The molecule has 1 aliphatic heterocycles. The number of carbonyl (C=O) groups is 2. The summed E-state index contributed by atoms with van der Waals surface area (Å²) >= 11 is 0. The smallest absolute Gasteiger partial charge is 0.167 e. The number of methoxy groups -OCH3 is 1. The second-order valence-corrected chi connectivity index (χ2v) is 9.71. The molecule has 180 valence electrons. The Labute approximate surface area is 207 Å². The third-order valence-electron chi connectivity index (χ3n) is 6.76. The quantitative estimate of drug-likeness (QED) is 0.567. The van der Waals surface area contributed by atoms with Crippen molar-refractivity contribution >= 4 is 28.5 Å². The summed E-state index contributed by atoms with van der Waals surface area (Å²) in [7, 11) is 9.61. The van der Waals surface area contributed by atoms with E-state index in [1.807, 2.05) is 52.5 Å². The first kappa shape index (κ1) is 25.7. The lowest BCUT2D eigenvalue weighted by atomic mass is 9.69. The van der Waals surface area contributed by atoms with E-state index in [9.17, 15) is 9.59 Å². The van der Waals surface area contributed by atoms with Crippen molar-refractivity contribution in [2.75, 3.05) is 48.4 Å². The normalized spacial score (nSPS) is 25.0. The molecule has 6 nitrogen and oxygen atoms in total. The van der Waals surface area contributed by atoms with Gasteiger partial charge in [0.15, 0.2) is 11.6 Å². The molecule has 33 heavy (non-hydrogen) atoms. The molecule has 0 amide bonds. The Bertz CT molecular complexity index is 911. The van der Waals surface area contributed by atoms with E-state index in [1.165, 1.54) is 0 Å². The Morgan fingerprint density at radius 3 is 1.70 bits per heavy atom. The minimum atomic E-state index is -0.366. The Hall–Kier alpha value is -1.96. The molecule has 0 radical (unpaired) electrons. The van der Waals surface area contributed by atoms with E-state index in [2.05, 4.69) is 9.80 Å². The van der Waals surface area contributed by atoms with E-state index in [0.29, 0.717) is 24.2 Å². The van der Waals surface area contributed by atoms with Crippen molar-refractivity contribution in [1.29, 1.82) is 0 Å². The number of halogens is 1. The number of ketones is 2. The van der Waals surface area contributed by atoms with Gasteiger partial charge in [-0.3, -0.25) is 9.59 Å². The summed E-state index contributed by atoms with van der Waals surface area (Å²) in [6.45, 7) is 1.40. The number of allylic oxidation sites excluding steroid dienone is 4. The van der Waals surface area contributed by atoms with Crippen LogP contribution in [0, 0.1) is 11.8 Å². The Morgan fingerprint density at radius 1 is 0.848 bits per heavy atom. The molecule has 0 spiro atoms. The summed E-state index contributed by atoms with van der Waals surface area (Å²) < 4.78 is 11.6. The highest BCUT2D eigenvalue weighted by atomic mass is 79.9. The minimum absolute atomic E-state index is 0. The zero-order valence-corrected chi connectivity index (χ0v) is 21.9. The maximum Gasteiger partial charge on any atom is 0.167 e. The zero-order valence-electron chi connectivity index (χ0n) is 20.2. The van der Waals surface area contributed by atoms with Crippen LogP contribution < -0.4 is 4.74 Å². The highest BCUT2D eigenvalue weighted by molar-refractivity contribution is 8.93. The fourth-order valence-corrected chi connectivity index (χ4v) is 5.33. The molecule has 1 aromatic rings. The number of hydrogen-bond donors (Lipinski definition) is 0. The minimum Gasteiger partial charge on any atom is -0.497 e. The number of hydrogen-bond acceptors (Lipinski definition) is 6. The van der Waals surface area contributed by atoms with Crippen molar-refractivity contribution in [1.82, 2.24) is 9.80 Å². The molecule has 0 aromatic heterocycles. The summed E-state index contributed by atoms with van der Waals surface area (Å²) in [4.78, 5) is 31.5. The zero-order chi connectivity index (χ0) is 23.0. The number of Topliss-reactive ketones (excluding diaryl/α,β-unsaturated/α-hetero) is 2. The van der Waals surface area contributed by atoms with Gasteiger partial charge in [-0.05, 0) is 58.7 Å². The van der Waals surface area contributed by atoms with Crippen molar-refractivity contribution in [3.63, 3.8) is 0 Å². The summed E-state index contributed by atoms with van der Waals surface area (Å²) in [6.07, 6.45) is 3.03. The molecule has 0 saturated heterocycles. The van der Waals surface area contributed by atoms with Crippen LogP contribution in [0.4, 0.5) is 0 Å². The monoisotopic (exact) mass is 518 g/mol. The molecule has 1 aromatic carbocycles. The van der Waals surface area contributed by atoms with Crippen LogP contribution in [-0.2, 0) is 14.3 Å². The van der Waals surface area contributed by atoms with Gasteiger partial charge < -0.3 is 19.3 Å². The van der Waals surface area contributed by atoms with Crippen molar-refractivity contribution in [2.45, 2.75) is 31.6 Å². The molecule has 0 bridgehead atoms. The SMILES string of the molecule is Br.COc1ccc(C2C3=C(CCC(CN(C)C)C3=O)OC3=C2C(=O)C(CN(C)C)CC3)cc1. The fourth-order valence-electron chi connectivity index (χ4n) is 5.33. The van der Waals surface area contributed by atoms with Gasteiger partial charge in [-0.2, -0.15) is 0 Å². The fraction of sp³-hybridized carbons (Fsp3) is 0.538. The highest BCUT2D eigenvalue weighted by Crippen LogP contribution is 2.49. The average molecular weight is 519 g/mol. The van der Waals surface area contributed by atoms with Gasteiger partial charge in [-0.15, -0.1) is 17.0 Å². The van der Waals surface area contributed by atoms with Crippen LogP contribution in [0.2, 0.25) is 0 Å². The molecule has 0 fully saturated rings. The molecule has 0 N–H and O–H groups in total. The molecule has 2 aliphatic carbocycles. The first-order valence-corrected chi connectivity index (χ1v) is 11.5. The molecule has 2 atom stereocenters. The van der Waals surface area contributed by atoms with Crippen LogP contribution in [-0.4, -0.2) is 69.8 Å². The van der Waals surface area contributed by atoms with Gasteiger partial charge in [0, 0.05) is 54.8 Å². The van der Waals surface area contributed by atoms with Gasteiger partial charge in [0.1, 0.15) is 17.3 Å². The summed E-state index contributed by atoms with van der Waals surface area (Å²) in [5.41, 5.74) is 2.32. The van der Waals surface area contributed by atoms with E-state index in [0.717, 1.165) is 48.5 Å². The molecule has 3 aliphatic rings. The Kier molecular flexibility index (Phi) is 8.19. The van der Waals surface area contributed by atoms with Crippen LogP contribution in [0.25, 0.3) is 0 Å². The second-order valence-electron chi connectivity index (χ2n) is 9.71. The summed E-state index contributed by atoms with van der Waals surface area (Å²) in [6, 6.07) is 7.77. The van der Waals surface area contributed by atoms with Crippen LogP contribution in [0.3, 0.4) is 0 Å². The largest absolute Gasteiger partial charge is 0.497 e. The van der Waals surface area contributed by atoms with Crippen molar-refractivity contribution in [3.8, 4) is 5.75 Å². The van der Waals surface area contributed by atoms with Crippen molar-refractivity contribution in [2.24, 2.45) is 11.8 Å². The lowest BCUT2D eigenvalue weighted by molar-refractivity contribution is -0.122. The molecule has 7 heteroatoms. The molecule has 4 rings (SSSR count). The number of carbonyl (C=O) groups excluding carboxylic acids is 2. The maximum atomic E-state index is 13.7. The first-order chi connectivity index (χ1) is 15.3. The van der Waals surface area contributed by atoms with E-state index in [-0.39, 0.29) is 46.3 Å². The molecule has 0 saturated carbocycles. The number of benzene rings is 1. The van der Waals surface area contributed by atoms with Crippen molar-refractivity contribution in [3.05, 3.63) is 52.5 Å². The lowest BCUT2D eigenvalue weighted by Crippen LogP contribution is -2.40. The standard InChI is InChI=1S/C26H34N2O4.BrH/c1-27(2)14-17-8-12-20-23(25(17)29)22(16-6-10-19(31-5)11-7-16)24-21(32-20)13-9-18(26(24)30)15-28(3)4;/h6-7,10-11,17-18,22H,8-9,12-15H2,1-5H3;1H. The molecular weight excluding hydrogens is 484 g/mol. The number of rotatable bonds is 6. The topological polar surface area (TPSA) is 59.1 Å². The van der Waals surface area contributed by atoms with Gasteiger partial charge in [0.2, 0.25) is 0 Å². The molecule has 2 unspecified atom stereocenters. The number of nitrogens with zero attached hydrogens (tertiary/aromatic N) is 2. The van der Waals surface area contributed by atoms with Crippen LogP contribution >= 0.6 is 17.0 Å². The lowest BCUT2D eigenvalue weighted by Gasteiger charge is -2.40. The third kappa shape index (κ3) is 5.10. The van der Waals surface area contributed by atoms with Gasteiger partial charge >= 0.3 is 0 Å². The van der Waals surface area contributed by atoms with Crippen LogP contribution in [0.15, 0.2) is 46.9 Å². The van der Waals surface area contributed by atoms with Gasteiger partial charge in [0.25, 0.3) is 0 Å². The van der Waals surface area contributed by atoms with E-state index in [4.69, 9.17) is 9.47 Å². The average Bonchev–Trinajstić information content (AvgIpc) is 2.76. The first-order valence-electron chi connectivity index (χ1n) is 11.5. The van der Waals surface area contributed by atoms with E-state index < -0.39 is 0 Å². The van der Waals surface area contributed by atoms with Crippen LogP contribution in [0.1, 0.15) is 37.2 Å².